The van der Waals surface area contributed by atoms with Gasteiger partial charge in [0.2, 0.25) is 0 Å². The van der Waals surface area contributed by atoms with Crippen molar-refractivity contribution < 1.29 is 14.3 Å². The van der Waals surface area contributed by atoms with Crippen LogP contribution < -0.4 is 0 Å². The summed E-state index contributed by atoms with van der Waals surface area (Å²) in [6.45, 7) is 5.71. The maximum atomic E-state index is 12.8. The second-order valence-corrected chi connectivity index (χ2v) is 7.74. The van der Waals surface area contributed by atoms with E-state index in [-0.39, 0.29) is 11.8 Å². The first kappa shape index (κ1) is 19.6. The summed E-state index contributed by atoms with van der Waals surface area (Å²) in [5, 5.41) is 4.27. The highest BCUT2D eigenvalue weighted by atomic mass is 16.5. The van der Waals surface area contributed by atoms with Crippen molar-refractivity contribution in [2.24, 2.45) is 7.05 Å². The Labute approximate surface area is 170 Å². The van der Waals surface area contributed by atoms with Crippen LogP contribution in [0.25, 0.3) is 0 Å². The Balaban J connectivity index is 1.35. The first-order valence-corrected chi connectivity index (χ1v) is 10.2. The lowest BCUT2D eigenvalue weighted by Crippen LogP contribution is -2.40. The summed E-state index contributed by atoms with van der Waals surface area (Å²) < 4.78 is 6.98. The Morgan fingerprint density at radius 3 is 2.31 bits per heavy atom. The molecule has 2 aliphatic rings. The Morgan fingerprint density at radius 1 is 1.03 bits per heavy atom. The maximum Gasteiger partial charge on any atom is 0.257 e. The quantitative estimate of drug-likeness (QED) is 0.786. The Morgan fingerprint density at radius 2 is 1.72 bits per heavy atom. The number of aromatic nitrogens is 3. The molecule has 2 aromatic heterocycles. The first-order chi connectivity index (χ1) is 14.0. The van der Waals surface area contributed by atoms with Crippen molar-refractivity contribution in [2.75, 3.05) is 39.4 Å². The largest absolute Gasteiger partial charge is 0.378 e. The van der Waals surface area contributed by atoms with Gasteiger partial charge in [-0.3, -0.25) is 19.3 Å². The van der Waals surface area contributed by atoms with E-state index >= 15 is 0 Å². The molecule has 29 heavy (non-hydrogen) atoms. The van der Waals surface area contributed by atoms with Crippen LogP contribution in [0.4, 0.5) is 0 Å². The van der Waals surface area contributed by atoms with Crippen molar-refractivity contribution in [2.45, 2.75) is 25.7 Å². The van der Waals surface area contributed by atoms with Gasteiger partial charge in [0.05, 0.1) is 30.0 Å². The van der Waals surface area contributed by atoms with Gasteiger partial charge in [-0.2, -0.15) is 5.10 Å². The van der Waals surface area contributed by atoms with E-state index < -0.39 is 0 Å². The lowest BCUT2D eigenvalue weighted by atomic mass is 9.92. The van der Waals surface area contributed by atoms with Crippen molar-refractivity contribution >= 4 is 11.8 Å². The second-order valence-electron chi connectivity index (χ2n) is 7.74. The van der Waals surface area contributed by atoms with Gasteiger partial charge >= 0.3 is 0 Å². The van der Waals surface area contributed by atoms with Gasteiger partial charge in [-0.15, -0.1) is 0 Å². The monoisotopic (exact) mass is 397 g/mol. The molecular weight excluding hydrogens is 370 g/mol. The van der Waals surface area contributed by atoms with Crippen LogP contribution in [-0.4, -0.2) is 75.8 Å². The maximum absolute atomic E-state index is 12.8. The fraction of sp³-hybridized carbons (Fsp3) is 0.524. The minimum Gasteiger partial charge on any atom is -0.378 e. The number of carbonyl (C=O) groups excluding carboxylic acids is 2. The van der Waals surface area contributed by atoms with E-state index in [1.165, 1.54) is 0 Å². The minimum atomic E-state index is 0.0135. The summed E-state index contributed by atoms with van der Waals surface area (Å²) in [5.41, 5.74) is 3.06. The lowest BCUT2D eigenvalue weighted by molar-refractivity contribution is 0.0302. The molecule has 2 saturated heterocycles. The number of morpholine rings is 1. The zero-order valence-corrected chi connectivity index (χ0v) is 17.0. The molecule has 0 saturated carbocycles. The molecule has 8 heteroatoms. The van der Waals surface area contributed by atoms with Crippen molar-refractivity contribution in [3.63, 3.8) is 0 Å². The summed E-state index contributed by atoms with van der Waals surface area (Å²) in [4.78, 5) is 33.6. The SMILES string of the molecule is Cc1nn(C)cc1C(=O)N1CCC(c2ccc(C(=O)N3CCOCC3)cn2)CC1. The average Bonchev–Trinajstić information content (AvgIpc) is 3.11. The van der Waals surface area contributed by atoms with E-state index in [2.05, 4.69) is 10.1 Å². The summed E-state index contributed by atoms with van der Waals surface area (Å²) in [6, 6.07) is 3.83. The molecule has 2 amide bonds. The van der Waals surface area contributed by atoms with Crippen LogP contribution in [0.15, 0.2) is 24.5 Å². The van der Waals surface area contributed by atoms with Crippen LogP contribution in [0.3, 0.4) is 0 Å². The summed E-state index contributed by atoms with van der Waals surface area (Å²) >= 11 is 0. The van der Waals surface area contributed by atoms with Crippen molar-refractivity contribution in [3.05, 3.63) is 47.0 Å². The molecule has 4 heterocycles. The van der Waals surface area contributed by atoms with Crippen LogP contribution in [0.5, 0.6) is 0 Å². The van der Waals surface area contributed by atoms with Crippen molar-refractivity contribution in [1.82, 2.24) is 24.6 Å². The highest BCUT2D eigenvalue weighted by Gasteiger charge is 2.27. The van der Waals surface area contributed by atoms with Gasteiger partial charge in [0.25, 0.3) is 11.8 Å². The number of nitrogens with zero attached hydrogens (tertiary/aromatic N) is 5. The molecule has 8 nitrogen and oxygen atoms in total. The fourth-order valence-electron chi connectivity index (χ4n) is 4.08. The number of carbonyl (C=O) groups is 2. The van der Waals surface area contributed by atoms with Gasteiger partial charge in [0, 0.05) is 57.2 Å². The minimum absolute atomic E-state index is 0.0135. The molecule has 0 aliphatic carbocycles. The standard InChI is InChI=1S/C21H27N5O3/c1-15-18(14-24(2)23-15)21(28)25-7-5-16(6-8-25)19-4-3-17(13-22-19)20(27)26-9-11-29-12-10-26/h3-4,13-14,16H,5-12H2,1-2H3. The molecule has 2 aromatic rings. The third-order valence-electron chi connectivity index (χ3n) is 5.78. The molecule has 0 N–H and O–H groups in total. The third kappa shape index (κ3) is 4.17. The van der Waals surface area contributed by atoms with Gasteiger partial charge in [0.1, 0.15) is 0 Å². The number of hydrogen-bond acceptors (Lipinski definition) is 5. The third-order valence-corrected chi connectivity index (χ3v) is 5.78. The van der Waals surface area contributed by atoms with E-state index in [0.29, 0.717) is 56.4 Å². The highest BCUT2D eigenvalue weighted by molar-refractivity contribution is 5.95. The first-order valence-electron chi connectivity index (χ1n) is 10.2. The zero-order chi connectivity index (χ0) is 20.4. The van der Waals surface area contributed by atoms with Gasteiger partial charge in [0.15, 0.2) is 0 Å². The summed E-state index contributed by atoms with van der Waals surface area (Å²) in [5.74, 6) is 0.370. The van der Waals surface area contributed by atoms with Gasteiger partial charge in [-0.1, -0.05) is 0 Å². The van der Waals surface area contributed by atoms with Crippen LogP contribution in [0, 0.1) is 6.92 Å². The number of rotatable bonds is 3. The van der Waals surface area contributed by atoms with Gasteiger partial charge in [-0.05, 0) is 31.9 Å². The number of piperidine rings is 1. The van der Waals surface area contributed by atoms with E-state index in [1.807, 2.05) is 35.9 Å². The summed E-state index contributed by atoms with van der Waals surface area (Å²) in [6.07, 6.45) is 5.21. The highest BCUT2D eigenvalue weighted by Crippen LogP contribution is 2.28. The van der Waals surface area contributed by atoms with Crippen LogP contribution in [0.1, 0.15) is 50.9 Å². The predicted octanol–water partition coefficient (Wildman–Crippen LogP) is 1.62. The smallest absolute Gasteiger partial charge is 0.257 e. The fourth-order valence-corrected chi connectivity index (χ4v) is 4.08. The van der Waals surface area contributed by atoms with E-state index in [1.54, 1.807) is 17.1 Å². The molecule has 0 radical (unpaired) electrons. The van der Waals surface area contributed by atoms with E-state index in [0.717, 1.165) is 24.2 Å². The van der Waals surface area contributed by atoms with E-state index in [4.69, 9.17) is 4.74 Å². The molecule has 0 spiro atoms. The normalized spacial score (nSPS) is 18.1. The number of likely N-dealkylation sites (tertiary alicyclic amines) is 1. The van der Waals surface area contributed by atoms with Crippen LogP contribution in [-0.2, 0) is 11.8 Å². The van der Waals surface area contributed by atoms with E-state index in [9.17, 15) is 9.59 Å². The second kappa shape index (κ2) is 8.32. The van der Waals surface area contributed by atoms with Crippen LogP contribution in [0.2, 0.25) is 0 Å². The number of hydrogen-bond donors (Lipinski definition) is 0. The summed E-state index contributed by atoms with van der Waals surface area (Å²) in [7, 11) is 1.83. The number of pyridine rings is 1. The molecule has 0 unspecified atom stereocenters. The molecule has 0 bridgehead atoms. The number of aryl methyl sites for hydroxylation is 2. The predicted molar refractivity (Wildman–Crippen MR) is 107 cm³/mol. The molecule has 2 aliphatic heterocycles. The molecule has 0 atom stereocenters. The Hall–Kier alpha value is -2.74. The number of amides is 2. The molecular formula is C21H27N5O3. The lowest BCUT2D eigenvalue weighted by Gasteiger charge is -2.31. The average molecular weight is 397 g/mol. The topological polar surface area (TPSA) is 80.6 Å². The van der Waals surface area contributed by atoms with Crippen LogP contribution >= 0.6 is 0 Å². The molecule has 0 aromatic carbocycles. The van der Waals surface area contributed by atoms with Gasteiger partial charge in [-0.25, -0.2) is 0 Å². The van der Waals surface area contributed by atoms with Crippen molar-refractivity contribution in [1.29, 1.82) is 0 Å². The molecule has 154 valence electrons. The molecule has 4 rings (SSSR count). The molecule has 2 fully saturated rings. The van der Waals surface area contributed by atoms with Gasteiger partial charge < -0.3 is 14.5 Å². The van der Waals surface area contributed by atoms with Crippen molar-refractivity contribution in [3.8, 4) is 0 Å². The number of ether oxygens (including phenoxy) is 1. The zero-order valence-electron chi connectivity index (χ0n) is 17.0. The Kier molecular flexibility index (Phi) is 5.62. The Bertz CT molecular complexity index is 878.